The van der Waals surface area contributed by atoms with Gasteiger partial charge >= 0.3 is 0 Å². The Hall–Kier alpha value is -2.78. The topological polar surface area (TPSA) is 86.8 Å². The molecule has 0 bridgehead atoms. The zero-order valence-corrected chi connectivity index (χ0v) is 27.4. The van der Waals surface area contributed by atoms with Gasteiger partial charge < -0.3 is 10.2 Å². The summed E-state index contributed by atoms with van der Waals surface area (Å²) in [5, 5.41) is 3.90. The van der Waals surface area contributed by atoms with Crippen LogP contribution in [0, 0.1) is 19.8 Å². The lowest BCUT2D eigenvalue weighted by molar-refractivity contribution is -0.140. The average Bonchev–Trinajstić information content (AvgIpc) is 2.93. The van der Waals surface area contributed by atoms with Crippen molar-refractivity contribution in [1.82, 2.24) is 10.2 Å². The molecule has 0 aliphatic rings. The van der Waals surface area contributed by atoms with Crippen molar-refractivity contribution in [2.45, 2.75) is 58.5 Å². The predicted molar refractivity (Wildman–Crippen MR) is 171 cm³/mol. The van der Waals surface area contributed by atoms with Crippen molar-refractivity contribution in [3.63, 3.8) is 0 Å². The summed E-state index contributed by atoms with van der Waals surface area (Å²) in [4.78, 5) is 28.9. The molecule has 0 saturated heterocycles. The zero-order chi connectivity index (χ0) is 31.2. The Bertz CT molecular complexity index is 1510. The molecule has 3 aromatic rings. The van der Waals surface area contributed by atoms with Gasteiger partial charge in [0.25, 0.3) is 10.0 Å². The molecular formula is C31H36Cl3N3O4S. The van der Waals surface area contributed by atoms with Crippen molar-refractivity contribution in [2.24, 2.45) is 5.92 Å². The molecule has 0 aliphatic heterocycles. The number of anilines is 1. The Balaban J connectivity index is 2.11. The number of amides is 2. The van der Waals surface area contributed by atoms with Gasteiger partial charge in [0.1, 0.15) is 12.6 Å². The summed E-state index contributed by atoms with van der Waals surface area (Å²) >= 11 is 19.3. The van der Waals surface area contributed by atoms with E-state index in [1.807, 2.05) is 20.8 Å². The number of nitrogens with zero attached hydrogens (tertiary/aromatic N) is 2. The summed E-state index contributed by atoms with van der Waals surface area (Å²) in [6.07, 6.45) is 0.277. The van der Waals surface area contributed by atoms with E-state index in [0.29, 0.717) is 27.2 Å². The Kier molecular flexibility index (Phi) is 11.7. The molecule has 11 heteroatoms. The van der Waals surface area contributed by atoms with Crippen LogP contribution in [-0.4, -0.2) is 44.3 Å². The van der Waals surface area contributed by atoms with Gasteiger partial charge in [-0.2, -0.15) is 0 Å². The Morgan fingerprint density at radius 1 is 0.905 bits per heavy atom. The second-order valence-electron chi connectivity index (χ2n) is 10.5. The van der Waals surface area contributed by atoms with Crippen LogP contribution in [0.5, 0.6) is 0 Å². The summed E-state index contributed by atoms with van der Waals surface area (Å²) in [5.41, 5.74) is 2.31. The van der Waals surface area contributed by atoms with Crippen LogP contribution in [0.15, 0.2) is 65.6 Å². The largest absolute Gasteiger partial charge is 0.354 e. The van der Waals surface area contributed by atoms with E-state index in [9.17, 15) is 18.0 Å². The molecule has 3 aromatic carbocycles. The fourth-order valence-electron chi connectivity index (χ4n) is 4.30. The van der Waals surface area contributed by atoms with Crippen LogP contribution in [0.25, 0.3) is 0 Å². The monoisotopic (exact) mass is 651 g/mol. The maximum Gasteiger partial charge on any atom is 0.264 e. The van der Waals surface area contributed by atoms with Crippen molar-refractivity contribution in [2.75, 3.05) is 17.4 Å². The lowest BCUT2D eigenvalue weighted by Crippen LogP contribution is -2.52. The quantitative estimate of drug-likeness (QED) is 0.227. The molecule has 2 amide bonds. The molecule has 0 aliphatic carbocycles. The van der Waals surface area contributed by atoms with Gasteiger partial charge in [0, 0.05) is 33.7 Å². The number of hydrogen-bond acceptors (Lipinski definition) is 4. The number of hydrogen-bond donors (Lipinski definition) is 1. The number of rotatable bonds is 12. The number of aryl methyl sites for hydroxylation is 2. The second kappa shape index (κ2) is 14.6. The highest BCUT2D eigenvalue weighted by molar-refractivity contribution is 7.92. The summed E-state index contributed by atoms with van der Waals surface area (Å²) in [7, 11) is -4.22. The first-order valence-electron chi connectivity index (χ1n) is 13.6. The first-order valence-corrected chi connectivity index (χ1v) is 16.2. The van der Waals surface area contributed by atoms with Crippen molar-refractivity contribution >= 4 is 62.3 Å². The number of halogens is 3. The van der Waals surface area contributed by atoms with Crippen LogP contribution in [0.3, 0.4) is 0 Å². The Labute approximate surface area is 263 Å². The van der Waals surface area contributed by atoms with Crippen LogP contribution in [0.4, 0.5) is 5.69 Å². The summed E-state index contributed by atoms with van der Waals surface area (Å²) in [6.45, 7) is 9.10. The Morgan fingerprint density at radius 2 is 1.52 bits per heavy atom. The number of sulfonamides is 1. The van der Waals surface area contributed by atoms with E-state index in [0.717, 1.165) is 15.4 Å². The van der Waals surface area contributed by atoms with Crippen molar-refractivity contribution < 1.29 is 18.0 Å². The molecule has 0 fully saturated rings. The van der Waals surface area contributed by atoms with Gasteiger partial charge in [-0.05, 0) is 68.1 Å². The minimum Gasteiger partial charge on any atom is -0.354 e. The summed E-state index contributed by atoms with van der Waals surface area (Å²) in [5.74, 6) is -0.769. The van der Waals surface area contributed by atoms with Crippen LogP contribution in [0.2, 0.25) is 15.1 Å². The smallest absolute Gasteiger partial charge is 0.264 e. The third-order valence-electron chi connectivity index (χ3n) is 6.79. The van der Waals surface area contributed by atoms with Crippen molar-refractivity contribution in [3.8, 4) is 0 Å². The van der Waals surface area contributed by atoms with Crippen LogP contribution in [-0.2, 0) is 26.2 Å². The maximum atomic E-state index is 14.2. The third kappa shape index (κ3) is 8.19. The van der Waals surface area contributed by atoms with Crippen LogP contribution < -0.4 is 9.62 Å². The van der Waals surface area contributed by atoms with Crippen LogP contribution >= 0.6 is 34.8 Å². The van der Waals surface area contributed by atoms with E-state index in [1.54, 1.807) is 56.3 Å². The van der Waals surface area contributed by atoms with Crippen molar-refractivity contribution in [1.29, 1.82) is 0 Å². The molecule has 3 rings (SSSR count). The number of carbonyl (C=O) groups excluding carboxylic acids is 2. The molecule has 0 aromatic heterocycles. The van der Waals surface area contributed by atoms with E-state index in [2.05, 4.69) is 5.32 Å². The molecular weight excluding hydrogens is 617 g/mol. The number of nitrogens with one attached hydrogen (secondary N) is 1. The van der Waals surface area contributed by atoms with Crippen LogP contribution in [0.1, 0.15) is 43.9 Å². The lowest BCUT2D eigenvalue weighted by Gasteiger charge is -2.33. The highest BCUT2D eigenvalue weighted by Gasteiger charge is 2.34. The van der Waals surface area contributed by atoms with Gasteiger partial charge in [0.15, 0.2) is 0 Å². The van der Waals surface area contributed by atoms with E-state index in [1.165, 1.54) is 23.1 Å². The van der Waals surface area contributed by atoms with Gasteiger partial charge in [-0.15, -0.1) is 0 Å². The molecule has 0 heterocycles. The Morgan fingerprint density at radius 3 is 2.07 bits per heavy atom. The molecule has 7 nitrogen and oxygen atoms in total. The van der Waals surface area contributed by atoms with E-state index in [-0.39, 0.29) is 35.4 Å². The standard InChI is InChI=1S/C31H36Cl3N3O4S/c1-6-29(31(39)35-17-20(2)3)36(18-25-26(32)8-7-9-27(25)33)30(38)19-37(23-13-12-22(5)28(34)16-23)42(40,41)24-14-10-21(4)11-15-24/h7-16,20,29H,6,17-19H2,1-5H3,(H,35,39). The number of benzene rings is 3. The van der Waals surface area contributed by atoms with Gasteiger partial charge in [-0.3, -0.25) is 13.9 Å². The summed E-state index contributed by atoms with van der Waals surface area (Å²) < 4.78 is 29.0. The minimum atomic E-state index is -4.22. The maximum absolute atomic E-state index is 14.2. The van der Waals surface area contributed by atoms with E-state index >= 15 is 0 Å². The molecule has 0 radical (unpaired) electrons. The molecule has 0 spiro atoms. The highest BCUT2D eigenvalue weighted by atomic mass is 35.5. The molecule has 1 N–H and O–H groups in total. The highest BCUT2D eigenvalue weighted by Crippen LogP contribution is 2.30. The first kappa shape index (κ1) is 33.7. The molecule has 0 saturated carbocycles. The van der Waals surface area contributed by atoms with E-state index < -0.39 is 28.5 Å². The van der Waals surface area contributed by atoms with Crippen molar-refractivity contribution in [3.05, 3.63) is 92.4 Å². The molecule has 1 unspecified atom stereocenters. The molecule has 226 valence electrons. The van der Waals surface area contributed by atoms with Gasteiger partial charge in [-0.1, -0.05) is 85.4 Å². The fourth-order valence-corrected chi connectivity index (χ4v) is 6.40. The molecule has 42 heavy (non-hydrogen) atoms. The molecule has 1 atom stereocenters. The van der Waals surface area contributed by atoms with Gasteiger partial charge in [0.2, 0.25) is 11.8 Å². The summed E-state index contributed by atoms with van der Waals surface area (Å²) in [6, 6.07) is 15.2. The zero-order valence-electron chi connectivity index (χ0n) is 24.3. The fraction of sp³-hybridized carbons (Fsp3) is 0.355. The normalized spacial score (nSPS) is 12.2. The third-order valence-corrected chi connectivity index (χ3v) is 9.70. The predicted octanol–water partition coefficient (Wildman–Crippen LogP) is 7.04. The first-order chi connectivity index (χ1) is 19.8. The average molecular weight is 653 g/mol. The second-order valence-corrected chi connectivity index (χ2v) is 13.6. The minimum absolute atomic E-state index is 0.0139. The number of carbonyl (C=O) groups is 2. The van der Waals surface area contributed by atoms with Gasteiger partial charge in [0.05, 0.1) is 10.6 Å². The SMILES string of the molecule is CCC(C(=O)NCC(C)C)N(Cc1c(Cl)cccc1Cl)C(=O)CN(c1ccc(C)c(Cl)c1)S(=O)(=O)c1ccc(C)cc1. The van der Waals surface area contributed by atoms with Gasteiger partial charge in [-0.25, -0.2) is 8.42 Å². The van der Waals surface area contributed by atoms with E-state index in [4.69, 9.17) is 34.8 Å². The lowest BCUT2D eigenvalue weighted by atomic mass is 10.1.